The van der Waals surface area contributed by atoms with Gasteiger partial charge < -0.3 is 9.13 Å². The average molecular weight is 373 g/mol. The van der Waals surface area contributed by atoms with Crippen molar-refractivity contribution in [3.8, 4) is 0 Å². The summed E-state index contributed by atoms with van der Waals surface area (Å²) in [5.74, 6) is 1.04. The summed E-state index contributed by atoms with van der Waals surface area (Å²) in [5.41, 5.74) is 2.62. The molecule has 0 bridgehead atoms. The highest BCUT2D eigenvalue weighted by Crippen LogP contribution is 2.16. The minimum absolute atomic E-state index is 0. The number of hydrogen-bond acceptors (Lipinski definition) is 4. The third-order valence-corrected chi connectivity index (χ3v) is 4.23. The number of imidazole rings is 2. The van der Waals surface area contributed by atoms with E-state index in [0.29, 0.717) is 11.0 Å². The van der Waals surface area contributed by atoms with Gasteiger partial charge in [0, 0.05) is 21.0 Å². The first-order valence-corrected chi connectivity index (χ1v) is 8.14. The van der Waals surface area contributed by atoms with Gasteiger partial charge in [-0.15, -0.1) is 0 Å². The number of allylic oxidation sites excluding steroid dienone is 1. The van der Waals surface area contributed by atoms with E-state index in [2.05, 4.69) is 23.5 Å². The zero-order valence-corrected chi connectivity index (χ0v) is 15.1. The highest BCUT2D eigenvalue weighted by Gasteiger charge is 2.08. The Kier molecular flexibility index (Phi) is 11.4. The minimum atomic E-state index is 0. The lowest BCUT2D eigenvalue weighted by Crippen LogP contribution is -2.02. The van der Waals surface area contributed by atoms with E-state index in [-0.39, 0.29) is 20.6 Å². The molecular formula is C17H29ClN4OS. The fraction of sp³-hybridized carbons (Fsp3) is 0.471. The van der Waals surface area contributed by atoms with Gasteiger partial charge >= 0.3 is 0 Å². The molecule has 0 atom stereocenters. The van der Waals surface area contributed by atoms with Crippen molar-refractivity contribution in [3.05, 3.63) is 35.6 Å². The number of ketones is 1. The van der Waals surface area contributed by atoms with E-state index in [1.165, 1.54) is 0 Å². The van der Waals surface area contributed by atoms with Crippen LogP contribution in [0.5, 0.6) is 0 Å². The zero-order chi connectivity index (χ0) is 16.9. The largest absolute Gasteiger partial charge is 0.320 e. The molecule has 0 saturated carbocycles. The molecule has 0 amide bonds. The van der Waals surface area contributed by atoms with Crippen LogP contribution >= 0.6 is 23.4 Å². The smallest absolute Gasteiger partial charge is 0.202 e. The topological polar surface area (TPSA) is 52.7 Å². The van der Waals surface area contributed by atoms with Gasteiger partial charge in [-0.1, -0.05) is 40.1 Å². The van der Waals surface area contributed by atoms with Crippen molar-refractivity contribution in [3.63, 3.8) is 0 Å². The van der Waals surface area contributed by atoms with Crippen LogP contribution in [0.25, 0.3) is 5.57 Å². The first-order chi connectivity index (χ1) is 10.3. The lowest BCUT2D eigenvalue weighted by atomic mass is 10.3. The molecule has 2 rings (SSSR count). The van der Waals surface area contributed by atoms with E-state index in [0.717, 1.165) is 22.2 Å². The number of aromatic nitrogens is 4. The predicted octanol–water partition coefficient (Wildman–Crippen LogP) is 5.11. The molecule has 0 saturated heterocycles. The van der Waals surface area contributed by atoms with Crippen molar-refractivity contribution >= 4 is 34.7 Å². The van der Waals surface area contributed by atoms with Crippen LogP contribution in [0, 0.1) is 0 Å². The van der Waals surface area contributed by atoms with E-state index in [1.54, 1.807) is 35.6 Å². The number of hydrogen-bond donors (Lipinski definition) is 0. The Bertz CT molecular complexity index is 676. The maximum Gasteiger partial charge on any atom is 0.202 e. The molecule has 0 radical (unpaired) electrons. The van der Waals surface area contributed by atoms with Crippen LogP contribution in [-0.4, -0.2) is 30.6 Å². The number of carbonyl (C=O) groups excluding carboxylic acids is 1. The highest BCUT2D eigenvalue weighted by molar-refractivity contribution is 7.99. The van der Waals surface area contributed by atoms with Crippen molar-refractivity contribution in [2.75, 3.05) is 5.75 Å². The van der Waals surface area contributed by atoms with Gasteiger partial charge in [0.2, 0.25) is 5.28 Å². The maximum atomic E-state index is 11.0. The van der Waals surface area contributed by atoms with Gasteiger partial charge in [-0.3, -0.25) is 4.79 Å². The predicted molar refractivity (Wildman–Crippen MR) is 106 cm³/mol. The summed E-state index contributed by atoms with van der Waals surface area (Å²) in [4.78, 5) is 19.1. The van der Waals surface area contributed by atoms with Gasteiger partial charge in [-0.05, 0) is 29.9 Å². The monoisotopic (exact) mass is 372 g/mol. The van der Waals surface area contributed by atoms with Crippen molar-refractivity contribution in [1.29, 1.82) is 0 Å². The molecule has 0 spiro atoms. The van der Waals surface area contributed by atoms with E-state index >= 15 is 0 Å². The quantitative estimate of drug-likeness (QED) is 0.552. The number of Topliss-reactive ketones (excluding diaryl/α,β-unsaturated/α-hetero) is 1. The van der Waals surface area contributed by atoms with Crippen LogP contribution in [0.2, 0.25) is 5.28 Å². The second kappa shape index (κ2) is 11.1. The van der Waals surface area contributed by atoms with Crippen LogP contribution in [0.1, 0.15) is 51.8 Å². The summed E-state index contributed by atoms with van der Waals surface area (Å²) in [5, 5.41) is 1.40. The summed E-state index contributed by atoms with van der Waals surface area (Å²) in [6.07, 6.45) is 3.34. The maximum absolute atomic E-state index is 11.0. The average Bonchev–Trinajstić information content (AvgIpc) is 2.96. The summed E-state index contributed by atoms with van der Waals surface area (Å²) < 4.78 is 3.63. The molecule has 0 aliphatic carbocycles. The van der Waals surface area contributed by atoms with Gasteiger partial charge in [0.1, 0.15) is 5.69 Å². The minimum Gasteiger partial charge on any atom is -0.320 e. The van der Waals surface area contributed by atoms with E-state index in [9.17, 15) is 4.79 Å². The Morgan fingerprint density at radius 2 is 1.71 bits per heavy atom. The van der Waals surface area contributed by atoms with Crippen LogP contribution < -0.4 is 0 Å². The Morgan fingerprint density at radius 3 is 2.00 bits per heavy atom. The van der Waals surface area contributed by atoms with Crippen LogP contribution in [0.15, 0.2) is 24.1 Å². The summed E-state index contributed by atoms with van der Waals surface area (Å²) in [6, 6.07) is 0. The lowest BCUT2D eigenvalue weighted by molar-refractivity contribution is 0.100. The Morgan fingerprint density at radius 1 is 1.17 bits per heavy atom. The van der Waals surface area contributed by atoms with Gasteiger partial charge in [-0.2, -0.15) is 0 Å². The Hall–Kier alpha value is -1.53. The molecular weight excluding hydrogens is 344 g/mol. The molecule has 136 valence electrons. The fourth-order valence-corrected chi connectivity index (χ4v) is 2.58. The first-order valence-electron chi connectivity index (χ1n) is 6.78. The molecule has 2 aromatic rings. The molecule has 0 unspecified atom stereocenters. The second-order valence-electron chi connectivity index (χ2n) is 4.73. The molecule has 5 nitrogen and oxygen atoms in total. The van der Waals surface area contributed by atoms with E-state index in [1.807, 2.05) is 25.6 Å². The van der Waals surface area contributed by atoms with Crippen molar-refractivity contribution in [2.24, 2.45) is 14.1 Å². The standard InChI is InChI=1S/C8H12N2OS.C7H9ClN2.2CH4/c1-4-12-8-9-5-7(6(2)11)10(8)3;1-5(2)6-4-9-7(8)10(6)3;;/h5H,4H2,1-3H3;4H,1H2,2-3H3;2*1H4. The summed E-state index contributed by atoms with van der Waals surface area (Å²) >= 11 is 7.32. The second-order valence-corrected chi connectivity index (χ2v) is 6.30. The van der Waals surface area contributed by atoms with Gasteiger partial charge in [-0.25, -0.2) is 9.97 Å². The SMILES string of the molecule is C.C.C=C(C)c1cnc(Cl)n1C.CCSc1ncc(C(C)=O)n1C. The first kappa shape index (κ1) is 24.7. The molecule has 0 aliphatic heterocycles. The van der Waals surface area contributed by atoms with Crippen LogP contribution in [-0.2, 0) is 14.1 Å². The van der Waals surface area contributed by atoms with Gasteiger partial charge in [0.05, 0.1) is 18.1 Å². The molecule has 0 aliphatic rings. The van der Waals surface area contributed by atoms with Gasteiger partial charge in [0.15, 0.2) is 10.9 Å². The summed E-state index contributed by atoms with van der Waals surface area (Å²) in [6.45, 7) is 9.32. The third-order valence-electron chi connectivity index (χ3n) is 2.95. The molecule has 24 heavy (non-hydrogen) atoms. The number of rotatable bonds is 4. The molecule has 0 fully saturated rings. The van der Waals surface area contributed by atoms with Gasteiger partial charge in [0.25, 0.3) is 0 Å². The van der Waals surface area contributed by atoms with Crippen LogP contribution in [0.4, 0.5) is 0 Å². The Labute approximate surface area is 155 Å². The highest BCUT2D eigenvalue weighted by atomic mass is 35.5. The summed E-state index contributed by atoms with van der Waals surface area (Å²) in [7, 11) is 3.72. The number of thioether (sulfide) groups is 1. The molecule has 0 aromatic carbocycles. The Balaban J connectivity index is 0. The lowest BCUT2D eigenvalue weighted by Gasteiger charge is -2.00. The molecule has 2 aromatic heterocycles. The van der Waals surface area contributed by atoms with E-state index in [4.69, 9.17) is 11.6 Å². The normalized spacial score (nSPS) is 9.25. The zero-order valence-electron chi connectivity index (χ0n) is 13.6. The van der Waals surface area contributed by atoms with E-state index < -0.39 is 0 Å². The van der Waals surface area contributed by atoms with Crippen molar-refractivity contribution in [2.45, 2.75) is 40.8 Å². The van der Waals surface area contributed by atoms with Crippen molar-refractivity contribution in [1.82, 2.24) is 19.1 Å². The third kappa shape index (κ3) is 6.17. The fourth-order valence-electron chi connectivity index (χ4n) is 1.77. The van der Waals surface area contributed by atoms with Crippen LogP contribution in [0.3, 0.4) is 0 Å². The molecule has 7 heteroatoms. The molecule has 0 N–H and O–H groups in total. The number of halogens is 1. The number of nitrogens with zero attached hydrogens (tertiary/aromatic N) is 4. The number of carbonyl (C=O) groups is 1. The molecule has 2 heterocycles. The van der Waals surface area contributed by atoms with Crippen molar-refractivity contribution < 1.29 is 4.79 Å².